The maximum Gasteiger partial charge on any atom is 0.310 e. The Hall–Kier alpha value is -1.03. The fourth-order valence-corrected chi connectivity index (χ4v) is 12.1. The first-order chi connectivity index (χ1) is 19.9. The van der Waals surface area contributed by atoms with Gasteiger partial charge in [0, 0.05) is 5.92 Å². The molecule has 8 nitrogen and oxygen atoms in total. The molecule has 4 saturated carbocycles. The molecule has 0 aromatic rings. The van der Waals surface area contributed by atoms with Gasteiger partial charge in [0.15, 0.2) is 6.29 Å². The predicted octanol–water partition coefficient (Wildman–Crippen LogP) is 4.67. The summed E-state index contributed by atoms with van der Waals surface area (Å²) in [4.78, 5) is 13.0. The monoisotopic (exact) mass is 604 g/mol. The van der Waals surface area contributed by atoms with Crippen molar-refractivity contribution in [3.05, 3.63) is 11.6 Å². The molecule has 5 fully saturated rings. The molecule has 1 aliphatic heterocycles. The van der Waals surface area contributed by atoms with Crippen molar-refractivity contribution >= 4 is 5.97 Å². The number of rotatable bonds is 3. The van der Waals surface area contributed by atoms with E-state index in [-0.39, 0.29) is 46.2 Å². The second-order valence-electron chi connectivity index (χ2n) is 17.1. The maximum atomic E-state index is 13.0. The van der Waals surface area contributed by atoms with Gasteiger partial charge >= 0.3 is 5.97 Å². The van der Waals surface area contributed by atoms with Crippen LogP contribution in [0.25, 0.3) is 0 Å². The number of ether oxygens (including phenoxy) is 2. The molecule has 43 heavy (non-hydrogen) atoms. The quantitative estimate of drug-likeness (QED) is 0.232. The molecule has 6 aliphatic rings. The van der Waals surface area contributed by atoms with Gasteiger partial charge in [0.05, 0.1) is 23.7 Å². The second-order valence-corrected chi connectivity index (χ2v) is 17.1. The summed E-state index contributed by atoms with van der Waals surface area (Å²) in [5, 5.41) is 53.4. The Labute approximate surface area is 257 Å². The van der Waals surface area contributed by atoms with Crippen LogP contribution in [-0.4, -0.2) is 74.4 Å². The Morgan fingerprint density at radius 1 is 0.907 bits per heavy atom. The van der Waals surface area contributed by atoms with Crippen molar-refractivity contribution in [2.45, 2.75) is 143 Å². The molecule has 0 unspecified atom stereocenters. The zero-order valence-electron chi connectivity index (χ0n) is 27.3. The number of aliphatic hydroxyl groups excluding tert-OH is 3. The van der Waals surface area contributed by atoms with Crippen molar-refractivity contribution in [1.82, 2.24) is 0 Å². The Morgan fingerprint density at radius 3 is 2.28 bits per heavy atom. The lowest BCUT2D eigenvalue weighted by atomic mass is 9.33. The van der Waals surface area contributed by atoms with Crippen LogP contribution in [0.15, 0.2) is 11.6 Å². The lowest BCUT2D eigenvalue weighted by molar-refractivity contribution is -0.308. The number of hydrogen-bond acceptors (Lipinski definition) is 7. The maximum absolute atomic E-state index is 13.0. The van der Waals surface area contributed by atoms with E-state index in [0.29, 0.717) is 24.7 Å². The largest absolute Gasteiger partial charge is 0.481 e. The first kappa shape index (κ1) is 31.9. The van der Waals surface area contributed by atoms with Gasteiger partial charge in [-0.3, -0.25) is 4.79 Å². The molecule has 244 valence electrons. The average molecular weight is 605 g/mol. The Balaban J connectivity index is 1.33. The molecular formula is C35H56O8. The molecule has 1 saturated heterocycles. The molecule has 0 aromatic carbocycles. The molecule has 5 aliphatic carbocycles. The topological polar surface area (TPSA) is 137 Å². The number of allylic oxidation sites excluding steroid dienone is 1. The van der Waals surface area contributed by atoms with Gasteiger partial charge in [0.25, 0.3) is 0 Å². The summed E-state index contributed by atoms with van der Waals surface area (Å²) >= 11 is 0. The minimum absolute atomic E-state index is 0.0313. The molecule has 14 atom stereocenters. The summed E-state index contributed by atoms with van der Waals surface area (Å²) in [7, 11) is 0. The summed E-state index contributed by atoms with van der Waals surface area (Å²) in [6.07, 6.45) is 5.06. The highest BCUT2D eigenvalue weighted by molar-refractivity contribution is 5.77. The van der Waals surface area contributed by atoms with Crippen LogP contribution in [0.5, 0.6) is 0 Å². The van der Waals surface area contributed by atoms with E-state index >= 15 is 0 Å². The molecule has 0 amide bonds. The van der Waals surface area contributed by atoms with E-state index in [1.165, 1.54) is 5.57 Å². The van der Waals surface area contributed by atoms with Crippen LogP contribution in [0, 0.1) is 50.7 Å². The second kappa shape index (κ2) is 9.98. The van der Waals surface area contributed by atoms with Crippen molar-refractivity contribution in [3.8, 4) is 0 Å². The molecule has 8 heteroatoms. The summed E-state index contributed by atoms with van der Waals surface area (Å²) in [6.45, 7) is 15.8. The molecule has 5 N–H and O–H groups in total. The summed E-state index contributed by atoms with van der Waals surface area (Å²) in [5.74, 6) is -0.306. The van der Waals surface area contributed by atoms with E-state index in [2.05, 4.69) is 47.6 Å². The number of carboxylic acids is 1. The highest BCUT2D eigenvalue weighted by Crippen LogP contribution is 2.76. The molecule has 0 spiro atoms. The van der Waals surface area contributed by atoms with E-state index in [0.717, 1.165) is 44.9 Å². The highest BCUT2D eigenvalue weighted by Gasteiger charge is 2.71. The zero-order chi connectivity index (χ0) is 31.5. The van der Waals surface area contributed by atoms with E-state index in [1.807, 2.05) is 6.92 Å². The SMILES string of the molecule is C[C@@H]1CC[C@]2(C(=O)O)CC[C@]3(C)C(=CC[C@@H]4[C@@]5(C)CC[C@H](O[C@@H]6OC[C@@H](O)[C@H](O)[C@H]6O)C(C)(C)[C@@H]5CC[C@]43C)[C@@H]2[C@]1(C)O. The van der Waals surface area contributed by atoms with Gasteiger partial charge in [0.1, 0.15) is 18.3 Å². The summed E-state index contributed by atoms with van der Waals surface area (Å²) < 4.78 is 12.1. The van der Waals surface area contributed by atoms with Gasteiger partial charge in [-0.1, -0.05) is 53.2 Å². The van der Waals surface area contributed by atoms with Crippen LogP contribution in [0.1, 0.15) is 106 Å². The van der Waals surface area contributed by atoms with Crippen LogP contribution < -0.4 is 0 Å². The third-order valence-electron chi connectivity index (χ3n) is 15.2. The predicted molar refractivity (Wildman–Crippen MR) is 161 cm³/mol. The minimum Gasteiger partial charge on any atom is -0.481 e. The molecule has 1 heterocycles. The van der Waals surface area contributed by atoms with Gasteiger partial charge in [0.2, 0.25) is 0 Å². The number of carbonyl (C=O) groups is 1. The molecular weight excluding hydrogens is 548 g/mol. The van der Waals surface area contributed by atoms with Gasteiger partial charge < -0.3 is 35.0 Å². The van der Waals surface area contributed by atoms with Crippen molar-refractivity contribution in [1.29, 1.82) is 0 Å². The minimum atomic E-state index is -1.30. The van der Waals surface area contributed by atoms with Crippen LogP contribution in [0.2, 0.25) is 0 Å². The van der Waals surface area contributed by atoms with Gasteiger partial charge in [-0.15, -0.1) is 0 Å². The van der Waals surface area contributed by atoms with Crippen LogP contribution in [-0.2, 0) is 14.3 Å². The third kappa shape index (κ3) is 4.11. The van der Waals surface area contributed by atoms with Crippen molar-refractivity contribution in [2.24, 2.45) is 50.7 Å². The summed E-state index contributed by atoms with van der Waals surface area (Å²) in [5.41, 5.74) is -1.16. The summed E-state index contributed by atoms with van der Waals surface area (Å²) in [6, 6.07) is 0. The fourth-order valence-electron chi connectivity index (χ4n) is 12.1. The van der Waals surface area contributed by atoms with Gasteiger partial charge in [-0.2, -0.15) is 0 Å². The van der Waals surface area contributed by atoms with Gasteiger partial charge in [-0.05, 0) is 104 Å². The van der Waals surface area contributed by atoms with Crippen LogP contribution in [0.3, 0.4) is 0 Å². The highest BCUT2D eigenvalue weighted by atomic mass is 16.7. The van der Waals surface area contributed by atoms with E-state index in [9.17, 15) is 30.3 Å². The number of carboxylic acid groups (broad SMARTS) is 1. The smallest absolute Gasteiger partial charge is 0.310 e. The molecule has 0 radical (unpaired) electrons. The van der Waals surface area contributed by atoms with Crippen LogP contribution in [0.4, 0.5) is 0 Å². The van der Waals surface area contributed by atoms with E-state index in [1.54, 1.807) is 0 Å². The number of aliphatic hydroxyl groups is 4. The van der Waals surface area contributed by atoms with Crippen molar-refractivity contribution in [2.75, 3.05) is 6.61 Å². The third-order valence-corrected chi connectivity index (χ3v) is 15.2. The Morgan fingerprint density at radius 2 is 1.60 bits per heavy atom. The molecule has 0 bridgehead atoms. The normalized spacial score (nSPS) is 56.1. The van der Waals surface area contributed by atoms with Crippen molar-refractivity contribution < 1.29 is 39.8 Å². The van der Waals surface area contributed by atoms with Crippen molar-refractivity contribution in [3.63, 3.8) is 0 Å². The first-order valence-corrected chi connectivity index (χ1v) is 16.9. The zero-order valence-corrected chi connectivity index (χ0v) is 27.3. The Kier molecular flexibility index (Phi) is 7.41. The lowest BCUT2D eigenvalue weighted by Crippen LogP contribution is -2.68. The fraction of sp³-hybridized carbons (Fsp3) is 0.914. The standard InChI is InChI=1S/C35H56O8/c1-19-10-15-35(29(39)40)17-16-32(5)20(27(35)34(19,7)41)8-9-23-31(4)13-12-24(30(2,3)22(31)11-14-33(23,32)6)43-28-26(38)25(37)21(36)18-42-28/h8,19,21-28,36-38,41H,9-18H2,1-7H3,(H,39,40)/t19-,21-,22+,23-,24+,25+,26-,27-,28+,31+,32-,33-,34-,35+/m1/s1. The number of hydrogen-bond donors (Lipinski definition) is 5. The lowest BCUT2D eigenvalue weighted by Gasteiger charge is -2.72. The molecule has 6 rings (SSSR count). The van der Waals surface area contributed by atoms with Crippen LogP contribution >= 0.6 is 0 Å². The van der Waals surface area contributed by atoms with E-state index in [4.69, 9.17) is 9.47 Å². The average Bonchev–Trinajstić information content (AvgIpc) is 2.92. The van der Waals surface area contributed by atoms with E-state index < -0.39 is 41.6 Å². The first-order valence-electron chi connectivity index (χ1n) is 16.9. The number of aliphatic carboxylic acids is 1. The Bertz CT molecular complexity index is 1160. The van der Waals surface area contributed by atoms with Gasteiger partial charge in [-0.25, -0.2) is 0 Å². The number of fused-ring (bicyclic) bond motifs is 7. The molecule has 0 aromatic heterocycles.